The molecule has 0 saturated carbocycles. The molecule has 0 heterocycles. The maximum Gasteiger partial charge on any atom is 0.139 e. The fraction of sp³-hybridized carbons (Fsp3) is 0.250. The molecule has 1 nitrogen and oxygen atoms in total. The van der Waals surface area contributed by atoms with Crippen LogP contribution < -0.4 is 4.74 Å². The van der Waals surface area contributed by atoms with Gasteiger partial charge in [0.1, 0.15) is 5.75 Å². The van der Waals surface area contributed by atoms with Crippen molar-refractivity contribution in [1.82, 2.24) is 0 Å². The second kappa shape index (κ2) is 7.11. The third-order valence-electron chi connectivity index (χ3n) is 3.05. The Morgan fingerprint density at radius 3 is 2.24 bits per heavy atom. The topological polar surface area (TPSA) is 9.23 Å². The lowest BCUT2D eigenvalue weighted by atomic mass is 10.0. The van der Waals surface area contributed by atoms with Gasteiger partial charge in [0.15, 0.2) is 0 Å². The minimum absolute atomic E-state index is 0.473. The SMILES string of the molecule is CCOc1cc(Cl)c(C(Cl)c2ccc(C)cc2Cl)cc1Cl. The van der Waals surface area contributed by atoms with Gasteiger partial charge in [-0.3, -0.25) is 0 Å². The van der Waals surface area contributed by atoms with Crippen LogP contribution in [0.2, 0.25) is 15.1 Å². The summed E-state index contributed by atoms with van der Waals surface area (Å²) in [6.07, 6.45) is 0. The van der Waals surface area contributed by atoms with Crippen LogP contribution in [0.5, 0.6) is 5.75 Å². The second-order valence-electron chi connectivity index (χ2n) is 4.62. The van der Waals surface area contributed by atoms with Crippen molar-refractivity contribution in [2.75, 3.05) is 6.61 Å². The van der Waals surface area contributed by atoms with Gasteiger partial charge in [-0.05, 0) is 42.7 Å². The standard InChI is InChI=1S/C16H14Cl4O/c1-3-21-15-8-13(18)11(7-14(15)19)16(20)10-5-4-9(2)6-12(10)17/h4-8,16H,3H2,1-2H3. The predicted molar refractivity (Wildman–Crippen MR) is 91.5 cm³/mol. The first kappa shape index (κ1) is 16.8. The van der Waals surface area contributed by atoms with Crippen LogP contribution in [0.3, 0.4) is 0 Å². The van der Waals surface area contributed by atoms with E-state index in [2.05, 4.69) is 0 Å². The van der Waals surface area contributed by atoms with Gasteiger partial charge in [0.25, 0.3) is 0 Å². The molecule has 0 aromatic heterocycles. The van der Waals surface area contributed by atoms with Crippen LogP contribution in [0.1, 0.15) is 29.0 Å². The number of hydrogen-bond donors (Lipinski definition) is 0. The van der Waals surface area contributed by atoms with Gasteiger partial charge in [-0.15, -0.1) is 11.6 Å². The van der Waals surface area contributed by atoms with Crippen LogP contribution in [0.4, 0.5) is 0 Å². The van der Waals surface area contributed by atoms with Crippen molar-refractivity contribution in [3.8, 4) is 5.75 Å². The molecule has 2 aromatic carbocycles. The van der Waals surface area contributed by atoms with E-state index in [0.717, 1.165) is 11.1 Å². The van der Waals surface area contributed by atoms with Crippen molar-refractivity contribution in [2.24, 2.45) is 0 Å². The maximum atomic E-state index is 6.53. The van der Waals surface area contributed by atoms with Crippen molar-refractivity contribution in [1.29, 1.82) is 0 Å². The number of alkyl halides is 1. The molecule has 0 aliphatic carbocycles. The Kier molecular flexibility index (Phi) is 5.67. The molecule has 2 rings (SSSR count). The smallest absolute Gasteiger partial charge is 0.139 e. The third kappa shape index (κ3) is 3.78. The molecular weight excluding hydrogens is 350 g/mol. The van der Waals surface area contributed by atoms with Gasteiger partial charge >= 0.3 is 0 Å². The van der Waals surface area contributed by atoms with E-state index in [0.29, 0.717) is 33.0 Å². The third-order valence-corrected chi connectivity index (χ3v) is 4.47. The number of halogens is 4. The Hall–Kier alpha value is -0.600. The lowest BCUT2D eigenvalue weighted by molar-refractivity contribution is 0.340. The first-order chi connectivity index (χ1) is 9.93. The molecule has 2 aromatic rings. The molecule has 1 unspecified atom stereocenters. The van der Waals surface area contributed by atoms with E-state index < -0.39 is 5.38 Å². The van der Waals surface area contributed by atoms with Crippen LogP contribution in [-0.2, 0) is 0 Å². The highest BCUT2D eigenvalue weighted by Crippen LogP contribution is 2.41. The second-order valence-corrected chi connectivity index (χ2v) is 6.28. The summed E-state index contributed by atoms with van der Waals surface area (Å²) in [5, 5.41) is 1.11. The molecule has 0 amide bonds. The van der Waals surface area contributed by atoms with Gasteiger partial charge in [-0.1, -0.05) is 46.9 Å². The molecule has 0 fully saturated rings. The van der Waals surface area contributed by atoms with Gasteiger partial charge < -0.3 is 4.74 Å². The first-order valence-corrected chi connectivity index (χ1v) is 8.03. The number of benzene rings is 2. The molecule has 112 valence electrons. The van der Waals surface area contributed by atoms with E-state index in [1.807, 2.05) is 32.0 Å². The summed E-state index contributed by atoms with van der Waals surface area (Å²) < 4.78 is 5.41. The molecule has 0 aliphatic heterocycles. The molecular formula is C16H14Cl4O. The molecule has 0 aliphatic rings. The Labute approximate surface area is 144 Å². The number of rotatable bonds is 4. The maximum absolute atomic E-state index is 6.53. The highest BCUT2D eigenvalue weighted by atomic mass is 35.5. The zero-order valence-electron chi connectivity index (χ0n) is 11.6. The van der Waals surface area contributed by atoms with E-state index >= 15 is 0 Å². The van der Waals surface area contributed by atoms with E-state index in [1.165, 1.54) is 0 Å². The largest absolute Gasteiger partial charge is 0.492 e. The molecule has 1 atom stereocenters. The van der Waals surface area contributed by atoms with Gasteiger partial charge in [0.05, 0.1) is 17.0 Å². The summed E-state index contributed by atoms with van der Waals surface area (Å²) in [5.74, 6) is 0.548. The minimum Gasteiger partial charge on any atom is -0.492 e. The summed E-state index contributed by atoms with van der Waals surface area (Å²) in [5.41, 5.74) is 2.58. The number of ether oxygens (including phenoxy) is 1. The van der Waals surface area contributed by atoms with Crippen molar-refractivity contribution in [2.45, 2.75) is 19.2 Å². The summed E-state index contributed by atoms with van der Waals surface area (Å²) >= 11 is 25.3. The van der Waals surface area contributed by atoms with Crippen molar-refractivity contribution in [3.63, 3.8) is 0 Å². The van der Waals surface area contributed by atoms with Crippen molar-refractivity contribution < 1.29 is 4.74 Å². The number of hydrogen-bond acceptors (Lipinski definition) is 1. The summed E-state index contributed by atoms with van der Waals surface area (Å²) in [7, 11) is 0. The summed E-state index contributed by atoms with van der Waals surface area (Å²) in [6, 6.07) is 9.13. The molecule has 0 radical (unpaired) electrons. The lowest BCUT2D eigenvalue weighted by Gasteiger charge is -2.16. The van der Waals surface area contributed by atoms with Gasteiger partial charge in [-0.2, -0.15) is 0 Å². The molecule has 21 heavy (non-hydrogen) atoms. The first-order valence-electron chi connectivity index (χ1n) is 6.46. The van der Waals surface area contributed by atoms with Crippen LogP contribution in [-0.4, -0.2) is 6.61 Å². The fourth-order valence-corrected chi connectivity index (χ4v) is 3.33. The molecule has 0 saturated heterocycles. The average Bonchev–Trinajstić information content (AvgIpc) is 2.42. The monoisotopic (exact) mass is 362 g/mol. The Morgan fingerprint density at radius 1 is 0.952 bits per heavy atom. The Morgan fingerprint density at radius 2 is 1.62 bits per heavy atom. The van der Waals surface area contributed by atoms with Gasteiger partial charge in [0.2, 0.25) is 0 Å². The highest BCUT2D eigenvalue weighted by Gasteiger charge is 2.19. The van der Waals surface area contributed by atoms with Crippen LogP contribution in [0, 0.1) is 6.92 Å². The molecule has 0 spiro atoms. The van der Waals surface area contributed by atoms with Gasteiger partial charge in [-0.25, -0.2) is 0 Å². The zero-order chi connectivity index (χ0) is 15.6. The van der Waals surface area contributed by atoms with E-state index in [-0.39, 0.29) is 0 Å². The predicted octanol–water partition coefficient (Wildman–Crippen LogP) is 6.68. The summed E-state index contributed by atoms with van der Waals surface area (Å²) in [6.45, 7) is 4.37. The average molecular weight is 364 g/mol. The minimum atomic E-state index is -0.473. The molecule has 0 N–H and O–H groups in total. The van der Waals surface area contributed by atoms with E-state index in [4.69, 9.17) is 51.1 Å². The summed E-state index contributed by atoms with van der Waals surface area (Å²) in [4.78, 5) is 0. The molecule has 0 bridgehead atoms. The quantitative estimate of drug-likeness (QED) is 0.550. The van der Waals surface area contributed by atoms with E-state index in [9.17, 15) is 0 Å². The Bertz CT molecular complexity index is 655. The van der Waals surface area contributed by atoms with Crippen LogP contribution >= 0.6 is 46.4 Å². The fourth-order valence-electron chi connectivity index (χ4n) is 2.01. The number of aryl methyl sites for hydroxylation is 1. The highest BCUT2D eigenvalue weighted by molar-refractivity contribution is 6.36. The van der Waals surface area contributed by atoms with E-state index in [1.54, 1.807) is 12.1 Å². The lowest BCUT2D eigenvalue weighted by Crippen LogP contribution is -1.98. The van der Waals surface area contributed by atoms with Crippen molar-refractivity contribution >= 4 is 46.4 Å². The zero-order valence-corrected chi connectivity index (χ0v) is 14.6. The Balaban J connectivity index is 2.43. The molecule has 5 heteroatoms. The van der Waals surface area contributed by atoms with Crippen LogP contribution in [0.25, 0.3) is 0 Å². The van der Waals surface area contributed by atoms with Crippen LogP contribution in [0.15, 0.2) is 30.3 Å². The van der Waals surface area contributed by atoms with Crippen molar-refractivity contribution in [3.05, 3.63) is 62.1 Å². The normalized spacial score (nSPS) is 12.3. The van der Waals surface area contributed by atoms with Gasteiger partial charge in [0, 0.05) is 16.1 Å².